The molecule has 4 atom stereocenters. The molecule has 414 valence electrons. The average molecular weight is 1090 g/mol. The molecule has 4 aromatic rings. The molecule has 18 heteroatoms. The Bertz CT molecular complexity index is 2510. The maximum absolute atomic E-state index is 12.8. The van der Waals surface area contributed by atoms with E-state index in [9.17, 15) is 14.7 Å². The summed E-state index contributed by atoms with van der Waals surface area (Å²) in [6, 6.07) is 16.1. The van der Waals surface area contributed by atoms with Crippen LogP contribution >= 0.6 is 0 Å². The molecule has 4 aromatic carbocycles. The fourth-order valence-corrected chi connectivity index (χ4v) is 10.7. The highest BCUT2D eigenvalue weighted by Gasteiger charge is 2.41. The van der Waals surface area contributed by atoms with E-state index in [1.165, 1.54) is 30.9 Å². The van der Waals surface area contributed by atoms with Crippen LogP contribution in [-0.4, -0.2) is 143 Å². The summed E-state index contributed by atoms with van der Waals surface area (Å²) >= 11 is 0. The van der Waals surface area contributed by atoms with Crippen molar-refractivity contribution in [3.63, 3.8) is 0 Å². The van der Waals surface area contributed by atoms with Crippen molar-refractivity contribution in [2.45, 2.75) is 76.3 Å². The van der Waals surface area contributed by atoms with Crippen molar-refractivity contribution >= 4 is 11.9 Å². The van der Waals surface area contributed by atoms with Gasteiger partial charge >= 0.3 is 11.9 Å². The zero-order chi connectivity index (χ0) is 52.7. The van der Waals surface area contributed by atoms with Gasteiger partial charge in [-0.05, 0) is 90.0 Å². The number of hydrogen-bond acceptors (Lipinski definition) is 14. The van der Waals surface area contributed by atoms with E-state index < -0.39 is 0 Å². The minimum atomic E-state index is -0.257. The minimum absolute atomic E-state index is 0. The lowest BCUT2D eigenvalue weighted by Gasteiger charge is -2.46. The lowest BCUT2D eigenvalue weighted by atomic mass is 9.83. The van der Waals surface area contributed by atoms with E-state index in [0.29, 0.717) is 102 Å². The summed E-state index contributed by atoms with van der Waals surface area (Å²) in [5, 5.41) is 10.6. The van der Waals surface area contributed by atoms with Crippen molar-refractivity contribution in [3.05, 3.63) is 94.1 Å². The average Bonchev–Trinajstić information content (AvgIpc) is 3.39. The smallest absolute Gasteiger partial charge is 0.306 e. The van der Waals surface area contributed by atoms with E-state index in [4.69, 9.17) is 52.1 Å². The summed E-state index contributed by atoms with van der Waals surface area (Å²) in [5.74, 6) is 4.83. The molecule has 16 nitrogen and oxygen atoms in total. The Morgan fingerprint density at radius 1 is 0.560 bits per heavy atom. The van der Waals surface area contributed by atoms with Gasteiger partial charge in [-0.1, -0.05) is 12.2 Å². The van der Waals surface area contributed by atoms with Gasteiger partial charge < -0.3 is 91.0 Å². The minimum Gasteiger partial charge on any atom is -1.00 e. The van der Waals surface area contributed by atoms with E-state index in [1.54, 1.807) is 49.8 Å². The van der Waals surface area contributed by atoms with Crippen LogP contribution in [0.1, 0.15) is 83.9 Å². The molecular formula is C57H78Cl2N2O14. The number of rotatable bonds is 27. The maximum Gasteiger partial charge on any atom is 0.306 e. The first kappa shape index (κ1) is 61.6. The Morgan fingerprint density at radius 2 is 1.01 bits per heavy atom. The van der Waals surface area contributed by atoms with Gasteiger partial charge in [-0.25, -0.2) is 0 Å². The molecule has 2 unspecified atom stereocenters. The van der Waals surface area contributed by atoms with Crippen LogP contribution in [0.4, 0.5) is 0 Å². The van der Waals surface area contributed by atoms with Crippen molar-refractivity contribution < 1.29 is 101 Å². The molecule has 0 bridgehead atoms. The summed E-state index contributed by atoms with van der Waals surface area (Å²) in [7, 11) is 19.0. The second-order valence-corrected chi connectivity index (χ2v) is 19.4. The molecule has 0 amide bonds. The highest BCUT2D eigenvalue weighted by molar-refractivity contribution is 5.70. The van der Waals surface area contributed by atoms with Crippen LogP contribution in [0.25, 0.3) is 0 Å². The first-order chi connectivity index (χ1) is 35.2. The lowest BCUT2D eigenvalue weighted by Crippen LogP contribution is -3.00. The molecule has 0 saturated heterocycles. The molecular weight excluding hydrogens is 1010 g/mol. The number of quaternary nitrogens is 2. The fraction of sp³-hybridized carbons (Fsp3) is 0.509. The monoisotopic (exact) mass is 1080 g/mol. The number of aromatic hydroxyl groups is 1. The molecule has 2 heterocycles. The number of hydrogen-bond donors (Lipinski definition) is 1. The van der Waals surface area contributed by atoms with E-state index in [1.807, 2.05) is 36.4 Å². The van der Waals surface area contributed by atoms with Crippen molar-refractivity contribution in [2.75, 3.05) is 117 Å². The number of nitrogens with zero attached hydrogens (tertiary/aromatic N) is 2. The number of carbonyl (C=O) groups is 2. The number of fused-ring (bicyclic) bond motifs is 2. The Hall–Kier alpha value is -5.94. The zero-order valence-corrected chi connectivity index (χ0v) is 47.2. The molecule has 1 N–H and O–H groups in total. The third-order valence-corrected chi connectivity index (χ3v) is 14.5. The zero-order valence-electron chi connectivity index (χ0n) is 45.6. The van der Waals surface area contributed by atoms with Crippen LogP contribution in [-0.2, 0) is 44.9 Å². The molecule has 0 aromatic heterocycles. The van der Waals surface area contributed by atoms with Crippen LogP contribution in [0.5, 0.6) is 57.5 Å². The summed E-state index contributed by atoms with van der Waals surface area (Å²) in [4.78, 5) is 25.6. The van der Waals surface area contributed by atoms with Crippen LogP contribution in [0.15, 0.2) is 60.7 Å². The number of phenolic OH excluding ortho intramolecular Hbond substituents is 1. The third kappa shape index (κ3) is 15.4. The van der Waals surface area contributed by atoms with Gasteiger partial charge in [0.1, 0.15) is 12.6 Å². The van der Waals surface area contributed by atoms with E-state index in [0.717, 1.165) is 66.7 Å². The highest BCUT2D eigenvalue weighted by Crippen LogP contribution is 2.46. The van der Waals surface area contributed by atoms with Crippen LogP contribution in [0, 0.1) is 0 Å². The molecule has 0 spiro atoms. The van der Waals surface area contributed by atoms with Gasteiger partial charge in [0.15, 0.2) is 46.0 Å². The number of benzene rings is 4. The molecule has 0 saturated carbocycles. The van der Waals surface area contributed by atoms with E-state index in [2.05, 4.69) is 38.4 Å². The van der Waals surface area contributed by atoms with Gasteiger partial charge in [0.05, 0.1) is 117 Å². The number of ether oxygens (including phenoxy) is 11. The summed E-state index contributed by atoms with van der Waals surface area (Å²) in [6.07, 6.45) is 9.00. The molecule has 0 aliphatic carbocycles. The summed E-state index contributed by atoms with van der Waals surface area (Å²) in [5.41, 5.74) is 6.79. The first-order valence-corrected chi connectivity index (χ1v) is 25.1. The second-order valence-electron chi connectivity index (χ2n) is 19.4. The first-order valence-electron chi connectivity index (χ1n) is 25.1. The molecule has 6 rings (SSSR count). The normalized spacial score (nSPS) is 18.5. The standard InChI is InChI=1S/C57H77N2O14.2ClH/c1-58(36-41(43-34-48(65-5)47(64-4)33-42(43)37-58)26-38-30-52(69-9)57(71-11)53(31-38)70-10)21-16-24-72-54(60)18-14-12-13-15-19-55(61)73-25-17-22-59(2)23-20-40-32-46(63-3)49(66-6)35-44(40)45(59)27-39-28-50(67-7)56(62)51(29-39)68-8;;/h12-13,28-35,41,45H,14-27,36-37H2,1-11H3;2*1H/q+1;;/p-1/b13-12+;;/t41-,45-,58?,59?;;/m1../s1. The van der Waals surface area contributed by atoms with Gasteiger partial charge in [0.2, 0.25) is 11.5 Å². The van der Waals surface area contributed by atoms with Crippen LogP contribution in [0.3, 0.4) is 0 Å². The topological polar surface area (TPSA) is 156 Å². The molecule has 0 fully saturated rings. The highest BCUT2D eigenvalue weighted by atomic mass is 35.5. The summed E-state index contributed by atoms with van der Waals surface area (Å²) < 4.78 is 63.6. The number of esters is 2. The maximum atomic E-state index is 12.8. The van der Waals surface area contributed by atoms with Crippen molar-refractivity contribution in [1.29, 1.82) is 0 Å². The Kier molecular flexibility index (Phi) is 23.7. The quantitative estimate of drug-likeness (QED) is 0.0403. The number of phenols is 1. The van der Waals surface area contributed by atoms with Gasteiger partial charge in [0, 0.05) is 55.6 Å². The Labute approximate surface area is 456 Å². The van der Waals surface area contributed by atoms with Gasteiger partial charge in [-0.3, -0.25) is 9.59 Å². The van der Waals surface area contributed by atoms with Gasteiger partial charge in [0.25, 0.3) is 0 Å². The number of likely N-dealkylation sites (N-methyl/N-ethyl adjacent to an activating group) is 2. The van der Waals surface area contributed by atoms with Crippen molar-refractivity contribution in [2.24, 2.45) is 0 Å². The van der Waals surface area contributed by atoms with Crippen LogP contribution in [0.2, 0.25) is 0 Å². The molecule has 2 aliphatic heterocycles. The predicted molar refractivity (Wildman–Crippen MR) is 277 cm³/mol. The Morgan fingerprint density at radius 3 is 1.52 bits per heavy atom. The molecule has 2 aliphatic rings. The van der Waals surface area contributed by atoms with Crippen molar-refractivity contribution in [3.8, 4) is 57.5 Å². The van der Waals surface area contributed by atoms with Crippen LogP contribution < -0.4 is 67.4 Å². The van der Waals surface area contributed by atoms with Gasteiger partial charge in [-0.2, -0.15) is 0 Å². The van der Waals surface area contributed by atoms with E-state index >= 15 is 0 Å². The number of allylic oxidation sites excluding steroid dienone is 2. The second kappa shape index (κ2) is 28.8. The van der Waals surface area contributed by atoms with Gasteiger partial charge in [-0.15, -0.1) is 0 Å². The SMILES string of the molecule is COc1cc2c(cc1OC)[C@H](Cc1cc(OC)c(OC)c(OC)c1)C[N+](C)(CCCOC(=O)CC/C=C/CCC(=O)OCCC[N+]1(C)CCc3cc(OC)c(OC)cc3[C@H]1Cc1cc(OC)c(O)c(OC)c1)C2.[Cl-].[Cl-]. The predicted octanol–water partition coefficient (Wildman–Crippen LogP) is 2.73. The third-order valence-electron chi connectivity index (χ3n) is 14.5. The molecule has 75 heavy (non-hydrogen) atoms. The number of carbonyl (C=O) groups excluding carboxylic acids is 2. The lowest BCUT2D eigenvalue weighted by molar-refractivity contribution is -0.941. The Balaban J connectivity index is 0.00000608. The number of halogens is 2. The van der Waals surface area contributed by atoms with E-state index in [-0.39, 0.29) is 67.3 Å². The van der Waals surface area contributed by atoms with Crippen molar-refractivity contribution in [1.82, 2.24) is 0 Å². The summed E-state index contributed by atoms with van der Waals surface area (Å²) in [6.45, 7) is 4.75. The molecule has 0 radical (unpaired) electrons. The fourth-order valence-electron chi connectivity index (χ4n) is 10.7. The number of methoxy groups -OCH3 is 9. The largest absolute Gasteiger partial charge is 1.00 e.